The third-order valence-corrected chi connectivity index (χ3v) is 2.35. The van der Waals surface area contributed by atoms with Crippen LogP contribution in [0.25, 0.3) is 0 Å². The Bertz CT molecular complexity index is 177. The number of hydrogen-bond acceptors (Lipinski definition) is 1. The second kappa shape index (κ2) is 6.41. The molecule has 0 amide bonds. The molecule has 1 aromatic rings. The molecule has 0 saturated heterocycles. The summed E-state index contributed by atoms with van der Waals surface area (Å²) in [6.45, 7) is 8.37. The average molecular weight is 170 g/mol. The van der Waals surface area contributed by atoms with Crippen LogP contribution in [0.4, 0.5) is 0 Å². The fourth-order valence-corrected chi connectivity index (χ4v) is 1.86. The van der Waals surface area contributed by atoms with Crippen LogP contribution in [0.3, 0.4) is 0 Å². The molecule has 0 bridgehead atoms. The van der Waals surface area contributed by atoms with Gasteiger partial charge < -0.3 is 0 Å². The van der Waals surface area contributed by atoms with Crippen LogP contribution in [0.2, 0.25) is 0 Å². The molecule has 0 unspecified atom stereocenters. The highest BCUT2D eigenvalue weighted by molar-refractivity contribution is 7.11. The van der Waals surface area contributed by atoms with Crippen molar-refractivity contribution >= 4 is 11.3 Å². The lowest BCUT2D eigenvalue weighted by Crippen LogP contribution is -1.71. The van der Waals surface area contributed by atoms with E-state index in [2.05, 4.69) is 26.0 Å². The zero-order valence-electron chi connectivity index (χ0n) is 7.98. The van der Waals surface area contributed by atoms with Crippen LogP contribution in [-0.2, 0) is 6.42 Å². The fraction of sp³-hybridized carbons (Fsp3) is 0.600. The maximum atomic E-state index is 2.23. The first-order valence-corrected chi connectivity index (χ1v) is 5.20. The first kappa shape index (κ1) is 10.7. The first-order valence-electron chi connectivity index (χ1n) is 4.38. The molecule has 0 saturated carbocycles. The molecule has 0 aromatic carbocycles. The van der Waals surface area contributed by atoms with Crippen molar-refractivity contribution in [2.45, 2.75) is 40.5 Å². The minimum atomic E-state index is 1.25. The van der Waals surface area contributed by atoms with Gasteiger partial charge in [-0.05, 0) is 25.5 Å². The average Bonchev–Trinajstić information content (AvgIpc) is 2.41. The van der Waals surface area contributed by atoms with Crippen LogP contribution in [0, 0.1) is 6.92 Å². The SMILES string of the molecule is CC.CCCc1ccc(C)s1. The van der Waals surface area contributed by atoms with Gasteiger partial charge in [0.1, 0.15) is 0 Å². The van der Waals surface area contributed by atoms with Crippen molar-refractivity contribution in [3.63, 3.8) is 0 Å². The van der Waals surface area contributed by atoms with E-state index in [4.69, 9.17) is 0 Å². The summed E-state index contributed by atoms with van der Waals surface area (Å²) in [5.41, 5.74) is 0. The van der Waals surface area contributed by atoms with E-state index in [0.29, 0.717) is 0 Å². The van der Waals surface area contributed by atoms with E-state index in [1.807, 2.05) is 25.2 Å². The zero-order chi connectivity index (χ0) is 8.69. The summed E-state index contributed by atoms with van der Waals surface area (Å²) < 4.78 is 0. The molecule has 0 aliphatic heterocycles. The predicted molar refractivity (Wildman–Crippen MR) is 54.4 cm³/mol. The Morgan fingerprint density at radius 3 is 2.27 bits per heavy atom. The Hall–Kier alpha value is -0.300. The molecular formula is C10H18S. The first-order chi connectivity index (χ1) is 5.33. The molecule has 1 rings (SSSR count). The summed E-state index contributed by atoms with van der Waals surface area (Å²) in [5, 5.41) is 0. The van der Waals surface area contributed by atoms with Crippen LogP contribution in [0.5, 0.6) is 0 Å². The third kappa shape index (κ3) is 4.20. The van der Waals surface area contributed by atoms with Crippen LogP contribution in [0.1, 0.15) is 36.9 Å². The van der Waals surface area contributed by atoms with Crippen LogP contribution < -0.4 is 0 Å². The number of rotatable bonds is 2. The molecule has 0 nitrogen and oxygen atoms in total. The largest absolute Gasteiger partial charge is 0.146 e. The Labute approximate surface area is 74.3 Å². The van der Waals surface area contributed by atoms with Crippen molar-refractivity contribution in [1.82, 2.24) is 0 Å². The number of aryl methyl sites for hydroxylation is 2. The van der Waals surface area contributed by atoms with Crippen LogP contribution in [-0.4, -0.2) is 0 Å². The van der Waals surface area contributed by atoms with E-state index in [1.54, 1.807) is 0 Å². The standard InChI is InChI=1S/C8H12S.C2H6/c1-3-4-8-6-5-7(2)9-8;1-2/h5-6H,3-4H2,1-2H3;1-2H3. The Balaban J connectivity index is 0.000000461. The van der Waals surface area contributed by atoms with Crippen molar-refractivity contribution in [1.29, 1.82) is 0 Å². The minimum absolute atomic E-state index is 1.25. The van der Waals surface area contributed by atoms with Crippen molar-refractivity contribution in [3.8, 4) is 0 Å². The van der Waals surface area contributed by atoms with Gasteiger partial charge in [-0.25, -0.2) is 0 Å². The van der Waals surface area contributed by atoms with Crippen molar-refractivity contribution < 1.29 is 0 Å². The molecule has 1 aromatic heterocycles. The van der Waals surface area contributed by atoms with Gasteiger partial charge in [0, 0.05) is 9.75 Å². The lowest BCUT2D eigenvalue weighted by atomic mass is 10.3. The van der Waals surface area contributed by atoms with Crippen LogP contribution in [0.15, 0.2) is 12.1 Å². The maximum Gasteiger partial charge on any atom is 0.00479 e. The topological polar surface area (TPSA) is 0 Å². The molecule has 0 aliphatic carbocycles. The van der Waals surface area contributed by atoms with E-state index < -0.39 is 0 Å². The quantitative estimate of drug-likeness (QED) is 0.628. The smallest absolute Gasteiger partial charge is 0.00479 e. The zero-order valence-corrected chi connectivity index (χ0v) is 8.79. The van der Waals surface area contributed by atoms with Gasteiger partial charge in [0.25, 0.3) is 0 Å². The van der Waals surface area contributed by atoms with Gasteiger partial charge in [0.2, 0.25) is 0 Å². The van der Waals surface area contributed by atoms with Crippen LogP contribution >= 0.6 is 11.3 Å². The maximum absolute atomic E-state index is 2.23. The van der Waals surface area contributed by atoms with E-state index >= 15 is 0 Å². The molecule has 11 heavy (non-hydrogen) atoms. The predicted octanol–water partition coefficient (Wildman–Crippen LogP) is 4.04. The normalized spacial score (nSPS) is 8.73. The second-order valence-corrected chi connectivity index (χ2v) is 3.63. The summed E-state index contributed by atoms with van der Waals surface area (Å²) in [6.07, 6.45) is 2.51. The number of thiophene rings is 1. The highest BCUT2D eigenvalue weighted by Crippen LogP contribution is 2.15. The summed E-state index contributed by atoms with van der Waals surface area (Å²) >= 11 is 1.91. The summed E-state index contributed by atoms with van der Waals surface area (Å²) in [6, 6.07) is 4.42. The highest BCUT2D eigenvalue weighted by Gasteiger charge is 1.92. The van der Waals surface area contributed by atoms with Crippen molar-refractivity contribution in [2.75, 3.05) is 0 Å². The van der Waals surface area contributed by atoms with E-state index in [1.165, 1.54) is 22.6 Å². The molecular weight excluding hydrogens is 152 g/mol. The van der Waals surface area contributed by atoms with Gasteiger partial charge >= 0.3 is 0 Å². The molecule has 1 heterocycles. The fourth-order valence-electron chi connectivity index (χ4n) is 0.866. The molecule has 0 aliphatic rings. The van der Waals surface area contributed by atoms with Gasteiger partial charge in [-0.2, -0.15) is 0 Å². The van der Waals surface area contributed by atoms with Gasteiger partial charge in [0.15, 0.2) is 0 Å². The monoisotopic (exact) mass is 170 g/mol. The Kier molecular flexibility index (Phi) is 6.24. The van der Waals surface area contributed by atoms with E-state index in [9.17, 15) is 0 Å². The lowest BCUT2D eigenvalue weighted by molar-refractivity contribution is 0.940. The molecule has 0 atom stereocenters. The molecule has 0 fully saturated rings. The molecule has 64 valence electrons. The summed E-state index contributed by atoms with van der Waals surface area (Å²) in [4.78, 5) is 2.95. The third-order valence-electron chi connectivity index (χ3n) is 1.29. The summed E-state index contributed by atoms with van der Waals surface area (Å²) in [5.74, 6) is 0. The van der Waals surface area contributed by atoms with E-state index in [-0.39, 0.29) is 0 Å². The molecule has 0 radical (unpaired) electrons. The highest BCUT2D eigenvalue weighted by atomic mass is 32.1. The Morgan fingerprint density at radius 1 is 1.27 bits per heavy atom. The summed E-state index contributed by atoms with van der Waals surface area (Å²) in [7, 11) is 0. The Morgan fingerprint density at radius 2 is 1.91 bits per heavy atom. The van der Waals surface area contributed by atoms with Gasteiger partial charge in [-0.1, -0.05) is 27.2 Å². The van der Waals surface area contributed by atoms with Gasteiger partial charge in [0.05, 0.1) is 0 Å². The molecule has 0 N–H and O–H groups in total. The van der Waals surface area contributed by atoms with Crippen molar-refractivity contribution in [2.24, 2.45) is 0 Å². The van der Waals surface area contributed by atoms with E-state index in [0.717, 1.165) is 0 Å². The minimum Gasteiger partial charge on any atom is -0.146 e. The number of hydrogen-bond donors (Lipinski definition) is 0. The lowest BCUT2D eigenvalue weighted by Gasteiger charge is -1.86. The van der Waals surface area contributed by atoms with Gasteiger partial charge in [-0.15, -0.1) is 11.3 Å². The van der Waals surface area contributed by atoms with Gasteiger partial charge in [-0.3, -0.25) is 0 Å². The molecule has 0 spiro atoms. The van der Waals surface area contributed by atoms with Crippen molar-refractivity contribution in [3.05, 3.63) is 21.9 Å². The second-order valence-electron chi connectivity index (χ2n) is 2.26. The molecule has 1 heteroatoms.